The molecule has 0 bridgehead atoms. The Morgan fingerprint density at radius 2 is 2.06 bits per heavy atom. The highest BCUT2D eigenvalue weighted by atomic mass is 16.4. The maximum atomic E-state index is 9.37. The number of hydrogen-bond acceptors (Lipinski definition) is 2. The molecule has 2 rings (SSSR count). The van der Waals surface area contributed by atoms with Crippen molar-refractivity contribution in [3.8, 4) is 0 Å². The summed E-state index contributed by atoms with van der Waals surface area (Å²) in [5, 5.41) is 16.5. The van der Waals surface area contributed by atoms with Gasteiger partial charge in [0.1, 0.15) is 0 Å². The fourth-order valence-corrected chi connectivity index (χ4v) is 1.87. The summed E-state index contributed by atoms with van der Waals surface area (Å²) in [4.78, 5) is 9.37. The zero-order valence-corrected chi connectivity index (χ0v) is 10.9. The van der Waals surface area contributed by atoms with Crippen molar-refractivity contribution >= 4 is 5.97 Å². The van der Waals surface area contributed by atoms with Crippen LogP contribution in [-0.4, -0.2) is 22.8 Å². The van der Waals surface area contributed by atoms with Crippen molar-refractivity contribution in [3.63, 3.8) is 0 Å². The van der Waals surface area contributed by atoms with E-state index in [1.807, 2.05) is 0 Å². The minimum Gasteiger partial charge on any atom is -0.481 e. The predicted octanol–water partition coefficient (Wildman–Crippen LogP) is 2.97. The van der Waals surface area contributed by atoms with Crippen LogP contribution in [-0.2, 0) is 11.2 Å². The van der Waals surface area contributed by atoms with E-state index < -0.39 is 5.97 Å². The SMILES string of the molecule is CCC(=O)O.OCCc1cccc(C2CCC2)c1. The van der Waals surface area contributed by atoms with Gasteiger partial charge in [0.2, 0.25) is 0 Å². The van der Waals surface area contributed by atoms with Gasteiger partial charge in [-0.2, -0.15) is 0 Å². The third-order valence-corrected chi connectivity index (χ3v) is 3.23. The summed E-state index contributed by atoms with van der Waals surface area (Å²) >= 11 is 0. The van der Waals surface area contributed by atoms with Crippen LogP contribution < -0.4 is 0 Å². The molecule has 1 fully saturated rings. The third-order valence-electron chi connectivity index (χ3n) is 3.23. The van der Waals surface area contributed by atoms with Crippen LogP contribution in [0.1, 0.15) is 49.7 Å². The number of rotatable bonds is 4. The van der Waals surface area contributed by atoms with Gasteiger partial charge in [-0.15, -0.1) is 0 Å². The van der Waals surface area contributed by atoms with E-state index in [-0.39, 0.29) is 13.0 Å². The molecule has 1 saturated carbocycles. The molecule has 3 heteroatoms. The van der Waals surface area contributed by atoms with E-state index in [2.05, 4.69) is 24.3 Å². The van der Waals surface area contributed by atoms with Crippen molar-refractivity contribution in [1.29, 1.82) is 0 Å². The second kappa shape index (κ2) is 7.88. The van der Waals surface area contributed by atoms with E-state index >= 15 is 0 Å². The molecule has 0 aromatic heterocycles. The Morgan fingerprint density at radius 3 is 2.50 bits per heavy atom. The lowest BCUT2D eigenvalue weighted by atomic mass is 9.79. The average Bonchev–Trinajstić information content (AvgIpc) is 2.28. The van der Waals surface area contributed by atoms with Gasteiger partial charge in [-0.05, 0) is 36.3 Å². The number of carboxylic acid groups (broad SMARTS) is 1. The molecule has 1 aromatic rings. The first-order valence-electron chi connectivity index (χ1n) is 6.58. The van der Waals surface area contributed by atoms with Gasteiger partial charge in [0.05, 0.1) is 0 Å². The van der Waals surface area contributed by atoms with E-state index in [0.717, 1.165) is 12.3 Å². The van der Waals surface area contributed by atoms with Crippen molar-refractivity contribution in [2.45, 2.75) is 44.9 Å². The highest BCUT2D eigenvalue weighted by Crippen LogP contribution is 2.36. The molecule has 0 amide bonds. The molecule has 18 heavy (non-hydrogen) atoms. The molecule has 0 aliphatic heterocycles. The third kappa shape index (κ3) is 4.88. The number of carboxylic acids is 1. The van der Waals surface area contributed by atoms with Crippen LogP contribution in [0.4, 0.5) is 0 Å². The molecule has 0 unspecified atom stereocenters. The Kier molecular flexibility index (Phi) is 6.44. The van der Waals surface area contributed by atoms with Gasteiger partial charge in [-0.25, -0.2) is 0 Å². The number of aliphatic hydroxyl groups excluding tert-OH is 1. The van der Waals surface area contributed by atoms with Crippen molar-refractivity contribution in [3.05, 3.63) is 35.4 Å². The quantitative estimate of drug-likeness (QED) is 0.863. The van der Waals surface area contributed by atoms with Crippen LogP contribution >= 0.6 is 0 Å². The van der Waals surface area contributed by atoms with Gasteiger partial charge < -0.3 is 10.2 Å². The van der Waals surface area contributed by atoms with E-state index in [1.165, 1.54) is 30.4 Å². The van der Waals surface area contributed by atoms with Crippen molar-refractivity contribution < 1.29 is 15.0 Å². The maximum absolute atomic E-state index is 9.37. The fraction of sp³-hybridized carbons (Fsp3) is 0.533. The first-order chi connectivity index (χ1) is 8.67. The largest absolute Gasteiger partial charge is 0.481 e. The van der Waals surface area contributed by atoms with Gasteiger partial charge >= 0.3 is 5.97 Å². The smallest absolute Gasteiger partial charge is 0.303 e. The number of benzene rings is 1. The number of hydrogen-bond donors (Lipinski definition) is 2. The summed E-state index contributed by atoms with van der Waals surface area (Å²) < 4.78 is 0. The van der Waals surface area contributed by atoms with Crippen molar-refractivity contribution in [2.24, 2.45) is 0 Å². The van der Waals surface area contributed by atoms with E-state index in [0.29, 0.717) is 0 Å². The summed E-state index contributed by atoms with van der Waals surface area (Å²) in [6, 6.07) is 8.67. The molecule has 0 atom stereocenters. The van der Waals surface area contributed by atoms with Crippen LogP contribution in [0.15, 0.2) is 24.3 Å². The predicted molar refractivity (Wildman–Crippen MR) is 71.8 cm³/mol. The summed E-state index contributed by atoms with van der Waals surface area (Å²) in [5.41, 5.74) is 2.74. The summed E-state index contributed by atoms with van der Waals surface area (Å²) in [7, 11) is 0. The van der Waals surface area contributed by atoms with E-state index in [4.69, 9.17) is 10.2 Å². The molecular formula is C15H22O3. The Balaban J connectivity index is 0.000000280. The Bertz CT molecular complexity index is 370. The van der Waals surface area contributed by atoms with Crippen molar-refractivity contribution in [1.82, 2.24) is 0 Å². The summed E-state index contributed by atoms with van der Waals surface area (Å²) in [6.07, 6.45) is 5.10. The Morgan fingerprint density at radius 1 is 1.39 bits per heavy atom. The van der Waals surface area contributed by atoms with Gasteiger partial charge in [0, 0.05) is 13.0 Å². The second-order valence-corrected chi connectivity index (χ2v) is 4.59. The number of aliphatic hydroxyl groups is 1. The van der Waals surface area contributed by atoms with Crippen LogP contribution in [0.2, 0.25) is 0 Å². The lowest BCUT2D eigenvalue weighted by Gasteiger charge is -2.26. The van der Waals surface area contributed by atoms with E-state index in [1.54, 1.807) is 6.92 Å². The van der Waals surface area contributed by atoms with Crippen LogP contribution in [0, 0.1) is 0 Å². The van der Waals surface area contributed by atoms with E-state index in [9.17, 15) is 4.79 Å². The highest BCUT2D eigenvalue weighted by molar-refractivity contribution is 5.66. The molecular weight excluding hydrogens is 228 g/mol. The van der Waals surface area contributed by atoms with Gasteiger partial charge in [-0.1, -0.05) is 37.6 Å². The summed E-state index contributed by atoms with van der Waals surface area (Å²) in [6.45, 7) is 1.86. The fourth-order valence-electron chi connectivity index (χ4n) is 1.87. The highest BCUT2D eigenvalue weighted by Gasteiger charge is 2.19. The topological polar surface area (TPSA) is 57.5 Å². The molecule has 3 nitrogen and oxygen atoms in total. The molecule has 0 heterocycles. The molecule has 2 N–H and O–H groups in total. The van der Waals surface area contributed by atoms with Crippen LogP contribution in [0.5, 0.6) is 0 Å². The number of carbonyl (C=O) groups is 1. The lowest BCUT2D eigenvalue weighted by Crippen LogP contribution is -2.08. The maximum Gasteiger partial charge on any atom is 0.303 e. The minimum atomic E-state index is -0.745. The molecule has 0 radical (unpaired) electrons. The minimum absolute atomic E-state index is 0.222. The van der Waals surface area contributed by atoms with Gasteiger partial charge in [0.25, 0.3) is 0 Å². The normalized spacial score (nSPS) is 14.3. The zero-order chi connectivity index (χ0) is 13.4. The lowest BCUT2D eigenvalue weighted by molar-refractivity contribution is -0.136. The molecule has 0 saturated heterocycles. The van der Waals surface area contributed by atoms with Crippen molar-refractivity contribution in [2.75, 3.05) is 6.61 Å². The molecule has 0 spiro atoms. The molecule has 1 aliphatic rings. The molecule has 100 valence electrons. The van der Waals surface area contributed by atoms with Gasteiger partial charge in [-0.3, -0.25) is 4.79 Å². The Labute approximate surface area is 108 Å². The number of aliphatic carboxylic acids is 1. The second-order valence-electron chi connectivity index (χ2n) is 4.59. The first-order valence-corrected chi connectivity index (χ1v) is 6.58. The Hall–Kier alpha value is -1.35. The molecule has 1 aliphatic carbocycles. The summed E-state index contributed by atoms with van der Waals surface area (Å²) in [5.74, 6) is 0.0589. The first kappa shape index (κ1) is 14.7. The molecule has 1 aromatic carbocycles. The zero-order valence-electron chi connectivity index (χ0n) is 10.9. The van der Waals surface area contributed by atoms with Crippen LogP contribution in [0.25, 0.3) is 0 Å². The standard InChI is InChI=1S/C12H16O.C3H6O2/c13-8-7-10-3-1-6-12(9-10)11-4-2-5-11;1-2-3(4)5/h1,3,6,9,11,13H,2,4-5,7-8H2;2H2,1H3,(H,4,5). The van der Waals surface area contributed by atoms with Gasteiger partial charge in [0.15, 0.2) is 0 Å². The van der Waals surface area contributed by atoms with Crippen LogP contribution in [0.3, 0.4) is 0 Å². The average molecular weight is 250 g/mol. The monoisotopic (exact) mass is 250 g/mol.